The Morgan fingerprint density at radius 2 is 1.73 bits per heavy atom. The highest BCUT2D eigenvalue weighted by molar-refractivity contribution is 7.80. The lowest BCUT2D eigenvalue weighted by atomic mass is 10.1. The molecule has 0 aliphatic heterocycles. The molecule has 0 aliphatic carbocycles. The number of carbonyl (C=O) groups is 1. The average Bonchev–Trinajstić information content (AvgIpc) is 2.50. The highest BCUT2D eigenvalue weighted by Crippen LogP contribution is 2.09. The Bertz CT molecular complexity index is 656. The van der Waals surface area contributed by atoms with Crippen LogP contribution in [0.25, 0.3) is 0 Å². The van der Waals surface area contributed by atoms with Crippen LogP contribution in [-0.4, -0.2) is 17.6 Å². The van der Waals surface area contributed by atoms with Crippen molar-refractivity contribution in [3.8, 4) is 0 Å². The van der Waals surface area contributed by atoms with Crippen LogP contribution in [0.4, 0.5) is 10.1 Å². The molecule has 0 spiro atoms. The molecule has 2 rings (SSSR count). The zero-order chi connectivity index (χ0) is 15.9. The van der Waals surface area contributed by atoms with Gasteiger partial charge in [0.05, 0.1) is 0 Å². The third-order valence-corrected chi connectivity index (χ3v) is 3.29. The van der Waals surface area contributed by atoms with Gasteiger partial charge in [-0.15, -0.1) is 0 Å². The largest absolute Gasteiger partial charge is 0.366 e. The van der Waals surface area contributed by atoms with Crippen LogP contribution < -0.4 is 16.4 Å². The zero-order valence-corrected chi connectivity index (χ0v) is 12.6. The molecule has 0 radical (unpaired) electrons. The molecule has 0 saturated carbocycles. The van der Waals surface area contributed by atoms with Crippen molar-refractivity contribution in [2.45, 2.75) is 6.42 Å². The van der Waals surface area contributed by atoms with Crippen molar-refractivity contribution in [2.75, 3.05) is 11.9 Å². The fraction of sp³-hybridized carbons (Fsp3) is 0.125. The van der Waals surface area contributed by atoms with Crippen molar-refractivity contribution in [1.82, 2.24) is 5.32 Å². The maximum absolute atomic E-state index is 12.8. The summed E-state index contributed by atoms with van der Waals surface area (Å²) < 4.78 is 12.8. The molecule has 0 unspecified atom stereocenters. The normalized spacial score (nSPS) is 10.0. The zero-order valence-electron chi connectivity index (χ0n) is 11.8. The number of rotatable bonds is 5. The van der Waals surface area contributed by atoms with E-state index in [0.717, 1.165) is 17.7 Å². The molecule has 6 heteroatoms. The minimum Gasteiger partial charge on any atom is -0.366 e. The Morgan fingerprint density at radius 1 is 1.09 bits per heavy atom. The Hall–Kier alpha value is -2.47. The van der Waals surface area contributed by atoms with Gasteiger partial charge in [0.15, 0.2) is 5.11 Å². The first-order chi connectivity index (χ1) is 10.5. The summed E-state index contributed by atoms with van der Waals surface area (Å²) in [6.07, 6.45) is 0.739. The first kappa shape index (κ1) is 15.9. The van der Waals surface area contributed by atoms with Crippen LogP contribution >= 0.6 is 12.2 Å². The number of benzene rings is 2. The van der Waals surface area contributed by atoms with Crippen molar-refractivity contribution in [1.29, 1.82) is 0 Å². The Balaban J connectivity index is 1.77. The van der Waals surface area contributed by atoms with Gasteiger partial charge in [-0.1, -0.05) is 12.1 Å². The number of primary amides is 1. The summed E-state index contributed by atoms with van der Waals surface area (Å²) in [6.45, 7) is 0.636. The standard InChI is InChI=1S/C16H16FN3OS/c17-13-5-1-11(2-6-13)9-10-19-16(22)20-14-7-3-12(4-8-14)15(18)21/h1-8H,9-10H2,(H2,18,21)(H2,19,20,22). The van der Waals surface area contributed by atoms with Crippen molar-refractivity contribution in [3.05, 3.63) is 65.5 Å². The first-order valence-electron chi connectivity index (χ1n) is 6.74. The summed E-state index contributed by atoms with van der Waals surface area (Å²) in [6, 6.07) is 13.1. The number of nitrogens with two attached hydrogens (primary N) is 1. The SMILES string of the molecule is NC(=O)c1ccc(NC(=S)NCCc2ccc(F)cc2)cc1. The first-order valence-corrected chi connectivity index (χ1v) is 7.14. The maximum atomic E-state index is 12.8. The number of halogens is 1. The van der Waals surface area contributed by atoms with Gasteiger partial charge in [-0.05, 0) is 60.6 Å². The van der Waals surface area contributed by atoms with E-state index in [1.165, 1.54) is 12.1 Å². The van der Waals surface area contributed by atoms with E-state index < -0.39 is 5.91 Å². The summed E-state index contributed by atoms with van der Waals surface area (Å²) >= 11 is 5.18. The fourth-order valence-corrected chi connectivity index (χ4v) is 2.08. The molecule has 0 fully saturated rings. The van der Waals surface area contributed by atoms with Crippen molar-refractivity contribution < 1.29 is 9.18 Å². The van der Waals surface area contributed by atoms with Gasteiger partial charge in [-0.3, -0.25) is 4.79 Å². The number of nitrogens with one attached hydrogen (secondary N) is 2. The molecule has 2 aromatic carbocycles. The quantitative estimate of drug-likeness (QED) is 0.741. The van der Waals surface area contributed by atoms with Crippen LogP contribution in [-0.2, 0) is 6.42 Å². The summed E-state index contributed by atoms with van der Waals surface area (Å²) in [7, 11) is 0. The fourth-order valence-electron chi connectivity index (χ4n) is 1.86. The monoisotopic (exact) mass is 317 g/mol. The average molecular weight is 317 g/mol. The highest BCUT2D eigenvalue weighted by atomic mass is 32.1. The minimum absolute atomic E-state index is 0.242. The van der Waals surface area contributed by atoms with E-state index in [9.17, 15) is 9.18 Å². The number of anilines is 1. The predicted molar refractivity (Wildman–Crippen MR) is 89.3 cm³/mol. The van der Waals surface area contributed by atoms with Gasteiger partial charge in [-0.25, -0.2) is 4.39 Å². The number of carbonyl (C=O) groups excluding carboxylic acids is 1. The van der Waals surface area contributed by atoms with Crippen LogP contribution in [0.3, 0.4) is 0 Å². The highest BCUT2D eigenvalue weighted by Gasteiger charge is 2.01. The number of thiocarbonyl (C=S) groups is 1. The lowest BCUT2D eigenvalue weighted by Gasteiger charge is -2.10. The van der Waals surface area contributed by atoms with Gasteiger partial charge in [0.1, 0.15) is 5.82 Å². The molecule has 22 heavy (non-hydrogen) atoms. The second-order valence-corrected chi connectivity index (χ2v) is 5.11. The third kappa shape index (κ3) is 4.82. The van der Waals surface area contributed by atoms with Gasteiger partial charge in [0, 0.05) is 17.8 Å². The second-order valence-electron chi connectivity index (χ2n) is 4.70. The number of hydrogen-bond donors (Lipinski definition) is 3. The lowest BCUT2D eigenvalue weighted by molar-refractivity contribution is 0.100. The van der Waals surface area contributed by atoms with Crippen LogP contribution in [0.1, 0.15) is 15.9 Å². The van der Waals surface area contributed by atoms with Gasteiger partial charge >= 0.3 is 0 Å². The Kier molecular flexibility index (Phi) is 5.43. The van der Waals surface area contributed by atoms with Gasteiger partial charge in [0.2, 0.25) is 5.91 Å². The molecule has 0 saturated heterocycles. The van der Waals surface area contributed by atoms with Gasteiger partial charge in [0.25, 0.3) is 0 Å². The molecule has 0 aliphatic rings. The number of amides is 1. The van der Waals surface area contributed by atoms with Crippen LogP contribution in [0.5, 0.6) is 0 Å². The van der Waals surface area contributed by atoms with Crippen molar-refractivity contribution >= 4 is 28.9 Å². The molecule has 4 nitrogen and oxygen atoms in total. The van der Waals surface area contributed by atoms with Crippen LogP contribution in [0.2, 0.25) is 0 Å². The topological polar surface area (TPSA) is 67.2 Å². The van der Waals surface area contributed by atoms with E-state index in [0.29, 0.717) is 17.2 Å². The molecule has 1 amide bonds. The molecule has 0 aromatic heterocycles. The maximum Gasteiger partial charge on any atom is 0.248 e. The summed E-state index contributed by atoms with van der Waals surface area (Å²) in [5.41, 5.74) is 7.42. The van der Waals surface area contributed by atoms with Gasteiger partial charge < -0.3 is 16.4 Å². The van der Waals surface area contributed by atoms with E-state index in [-0.39, 0.29) is 5.82 Å². The summed E-state index contributed by atoms with van der Waals surface area (Å²) in [4.78, 5) is 11.0. The van der Waals surface area contributed by atoms with Gasteiger partial charge in [-0.2, -0.15) is 0 Å². The Labute approximate surface area is 133 Å². The molecule has 0 atom stereocenters. The Morgan fingerprint density at radius 3 is 2.32 bits per heavy atom. The molecule has 4 N–H and O–H groups in total. The smallest absolute Gasteiger partial charge is 0.248 e. The van der Waals surface area contributed by atoms with E-state index in [1.807, 2.05) is 0 Å². The molecule has 0 bridgehead atoms. The second kappa shape index (κ2) is 7.51. The summed E-state index contributed by atoms with van der Waals surface area (Å²) in [5.74, 6) is -0.708. The van der Waals surface area contributed by atoms with E-state index >= 15 is 0 Å². The number of hydrogen-bond acceptors (Lipinski definition) is 2. The van der Waals surface area contributed by atoms with E-state index in [4.69, 9.17) is 18.0 Å². The molecular weight excluding hydrogens is 301 g/mol. The van der Waals surface area contributed by atoms with E-state index in [1.54, 1.807) is 36.4 Å². The molecular formula is C16H16FN3OS. The molecule has 114 valence electrons. The lowest BCUT2D eigenvalue weighted by Crippen LogP contribution is -2.30. The van der Waals surface area contributed by atoms with Crippen LogP contribution in [0, 0.1) is 5.82 Å². The molecule has 2 aromatic rings. The van der Waals surface area contributed by atoms with Crippen LogP contribution in [0.15, 0.2) is 48.5 Å². The van der Waals surface area contributed by atoms with Crippen molar-refractivity contribution in [3.63, 3.8) is 0 Å². The summed E-state index contributed by atoms with van der Waals surface area (Å²) in [5, 5.41) is 6.56. The van der Waals surface area contributed by atoms with Crippen molar-refractivity contribution in [2.24, 2.45) is 5.73 Å². The van der Waals surface area contributed by atoms with E-state index in [2.05, 4.69) is 10.6 Å². The predicted octanol–water partition coefficient (Wildman–Crippen LogP) is 2.45. The third-order valence-electron chi connectivity index (χ3n) is 3.04. The minimum atomic E-state index is -0.466. The molecule has 0 heterocycles.